The standard InChI is InChI=1S/C42H41N3O9/c1-3-27-15-14-20-30(25-27)43-40(47)52-36-35(26-46)51-39(50-2)38(54-42(49)45-34-24-13-11-22-32(34)29-18-8-5-9-19-29)37(36)53-41(48)44-33-23-12-10-21-31(33)28-16-6-4-7-17-28/h4-25,35-39,46H,3,26H2,1-2H3,(H,43,47)(H,44,48)(H,45,49)/t35-,36-,37+,38-,39+/m1/s1. The van der Waals surface area contributed by atoms with Crippen molar-refractivity contribution in [2.24, 2.45) is 0 Å². The number of carbonyl (C=O) groups excluding carboxylic acids is 3. The van der Waals surface area contributed by atoms with Crippen molar-refractivity contribution in [2.45, 2.75) is 44.1 Å². The number of carbonyl (C=O) groups is 3. The number of ether oxygens (including phenoxy) is 5. The lowest BCUT2D eigenvalue weighted by molar-refractivity contribution is -0.290. The van der Waals surface area contributed by atoms with E-state index in [-0.39, 0.29) is 0 Å². The van der Waals surface area contributed by atoms with Crippen molar-refractivity contribution < 1.29 is 43.2 Å². The first-order valence-corrected chi connectivity index (χ1v) is 17.5. The number of hydrogen-bond donors (Lipinski definition) is 4. The molecular formula is C42H41N3O9. The summed E-state index contributed by atoms with van der Waals surface area (Å²) in [6.45, 7) is 1.32. The van der Waals surface area contributed by atoms with Gasteiger partial charge in [0, 0.05) is 23.9 Å². The van der Waals surface area contributed by atoms with Crippen molar-refractivity contribution in [3.63, 3.8) is 0 Å². The van der Waals surface area contributed by atoms with Crippen molar-refractivity contribution in [1.29, 1.82) is 0 Å². The van der Waals surface area contributed by atoms with Gasteiger partial charge in [-0.3, -0.25) is 16.0 Å². The molecule has 0 radical (unpaired) electrons. The Labute approximate surface area is 313 Å². The van der Waals surface area contributed by atoms with Crippen LogP contribution in [0.25, 0.3) is 22.3 Å². The number of hydrogen-bond acceptors (Lipinski definition) is 9. The number of aliphatic hydroxyl groups excluding tert-OH is 1. The van der Waals surface area contributed by atoms with E-state index in [2.05, 4.69) is 16.0 Å². The predicted molar refractivity (Wildman–Crippen MR) is 204 cm³/mol. The summed E-state index contributed by atoms with van der Waals surface area (Å²) >= 11 is 0. The van der Waals surface area contributed by atoms with Crippen molar-refractivity contribution >= 4 is 35.3 Å². The van der Waals surface area contributed by atoms with E-state index in [1.54, 1.807) is 42.5 Å². The monoisotopic (exact) mass is 731 g/mol. The van der Waals surface area contributed by atoms with Crippen molar-refractivity contribution in [1.82, 2.24) is 0 Å². The largest absolute Gasteiger partial charge is 0.439 e. The van der Waals surface area contributed by atoms with Crippen molar-refractivity contribution in [3.8, 4) is 22.3 Å². The van der Waals surface area contributed by atoms with Crippen LogP contribution in [0.15, 0.2) is 133 Å². The van der Waals surface area contributed by atoms with Gasteiger partial charge in [0.15, 0.2) is 24.6 Å². The molecule has 12 heteroatoms. The zero-order valence-corrected chi connectivity index (χ0v) is 29.7. The van der Waals surface area contributed by atoms with Crippen LogP contribution in [-0.2, 0) is 30.1 Å². The smallest absolute Gasteiger partial charge is 0.412 e. The van der Waals surface area contributed by atoms with E-state index in [4.69, 9.17) is 23.7 Å². The Morgan fingerprint density at radius 2 is 1.11 bits per heavy atom. The first kappa shape index (κ1) is 37.5. The average molecular weight is 732 g/mol. The van der Waals surface area contributed by atoms with Gasteiger partial charge in [0.2, 0.25) is 0 Å². The number of aryl methyl sites for hydroxylation is 1. The fraction of sp³-hybridized carbons (Fsp3) is 0.214. The van der Waals surface area contributed by atoms with Gasteiger partial charge in [0.25, 0.3) is 0 Å². The quantitative estimate of drug-likeness (QED) is 0.0987. The minimum absolute atomic E-state index is 0.432. The molecule has 5 aromatic rings. The van der Waals surface area contributed by atoms with E-state index < -0.39 is 55.6 Å². The summed E-state index contributed by atoms with van der Waals surface area (Å²) in [6, 6.07) is 40.4. The van der Waals surface area contributed by atoms with E-state index >= 15 is 0 Å². The van der Waals surface area contributed by atoms with Crippen LogP contribution in [0.5, 0.6) is 0 Å². The first-order chi connectivity index (χ1) is 26.4. The van der Waals surface area contributed by atoms with E-state index in [1.807, 2.05) is 97.9 Å². The Balaban J connectivity index is 1.29. The van der Waals surface area contributed by atoms with Crippen LogP contribution in [0.4, 0.5) is 31.4 Å². The van der Waals surface area contributed by atoms with Gasteiger partial charge in [-0.1, -0.05) is 116 Å². The van der Waals surface area contributed by atoms with Crippen LogP contribution >= 0.6 is 0 Å². The highest BCUT2D eigenvalue weighted by atomic mass is 16.7. The highest BCUT2D eigenvalue weighted by Gasteiger charge is 2.53. The van der Waals surface area contributed by atoms with Crippen molar-refractivity contribution in [3.05, 3.63) is 139 Å². The van der Waals surface area contributed by atoms with Gasteiger partial charge >= 0.3 is 18.3 Å². The van der Waals surface area contributed by atoms with Gasteiger partial charge in [-0.2, -0.15) is 0 Å². The Kier molecular flexibility index (Phi) is 12.5. The lowest BCUT2D eigenvalue weighted by Crippen LogP contribution is -2.63. The van der Waals surface area contributed by atoms with Gasteiger partial charge in [0.1, 0.15) is 6.10 Å². The molecule has 1 heterocycles. The summed E-state index contributed by atoms with van der Waals surface area (Å²) in [5.74, 6) is 0. The SMILES string of the molecule is CCc1cccc(NC(=O)O[C@H]2[C@H](OC(=O)Nc3ccccc3-c3ccccc3)[C@@H](OC(=O)Nc3ccccc3-c3ccccc3)[C@@H](OC)O[C@@H]2CO)c1. The van der Waals surface area contributed by atoms with Crippen LogP contribution < -0.4 is 16.0 Å². The van der Waals surface area contributed by atoms with E-state index in [0.717, 1.165) is 34.2 Å². The molecule has 1 fully saturated rings. The third kappa shape index (κ3) is 9.22. The molecule has 1 saturated heterocycles. The minimum Gasteiger partial charge on any atom is -0.439 e. The minimum atomic E-state index is -1.53. The average Bonchev–Trinajstić information content (AvgIpc) is 3.20. The first-order valence-electron chi connectivity index (χ1n) is 17.5. The Morgan fingerprint density at radius 1 is 0.611 bits per heavy atom. The topological polar surface area (TPSA) is 154 Å². The van der Waals surface area contributed by atoms with Crippen LogP contribution in [-0.4, -0.2) is 67.8 Å². The van der Waals surface area contributed by atoms with Gasteiger partial charge in [-0.05, 0) is 47.4 Å². The molecule has 6 rings (SSSR count). The summed E-state index contributed by atoms with van der Waals surface area (Å²) in [5.41, 5.74) is 5.47. The second-order valence-corrected chi connectivity index (χ2v) is 12.3. The summed E-state index contributed by atoms with van der Waals surface area (Å²) in [6.07, 6.45) is -9.17. The summed E-state index contributed by atoms with van der Waals surface area (Å²) in [7, 11) is 1.31. The zero-order valence-electron chi connectivity index (χ0n) is 29.7. The molecule has 0 spiro atoms. The molecule has 0 saturated carbocycles. The molecule has 54 heavy (non-hydrogen) atoms. The third-order valence-corrected chi connectivity index (χ3v) is 8.81. The van der Waals surface area contributed by atoms with Gasteiger partial charge < -0.3 is 28.8 Å². The fourth-order valence-electron chi connectivity index (χ4n) is 6.21. The molecule has 1 aliphatic heterocycles. The van der Waals surface area contributed by atoms with Crippen molar-refractivity contribution in [2.75, 3.05) is 29.7 Å². The van der Waals surface area contributed by atoms with Crippen LogP contribution in [0.3, 0.4) is 0 Å². The molecule has 0 aliphatic carbocycles. The van der Waals surface area contributed by atoms with Gasteiger partial charge in [0.05, 0.1) is 18.0 Å². The summed E-state index contributed by atoms with van der Waals surface area (Å²) in [5, 5.41) is 18.6. The maximum absolute atomic E-state index is 13.8. The fourth-order valence-corrected chi connectivity index (χ4v) is 6.21. The van der Waals surface area contributed by atoms with Gasteiger partial charge in [-0.15, -0.1) is 0 Å². The molecule has 4 N–H and O–H groups in total. The number of benzene rings is 5. The Hall–Kier alpha value is -6.21. The van der Waals surface area contributed by atoms with Crippen LogP contribution in [0.2, 0.25) is 0 Å². The molecule has 1 aliphatic rings. The third-order valence-electron chi connectivity index (χ3n) is 8.81. The number of anilines is 3. The normalized spacial score (nSPS) is 19.2. The molecule has 0 unspecified atom stereocenters. The molecule has 3 amide bonds. The lowest BCUT2D eigenvalue weighted by Gasteiger charge is -2.43. The maximum Gasteiger partial charge on any atom is 0.412 e. The molecule has 12 nitrogen and oxygen atoms in total. The number of aliphatic hydroxyl groups is 1. The number of methoxy groups -OCH3 is 1. The second-order valence-electron chi connectivity index (χ2n) is 12.3. The number of para-hydroxylation sites is 2. The number of amides is 3. The number of nitrogens with one attached hydrogen (secondary N) is 3. The highest BCUT2D eigenvalue weighted by Crippen LogP contribution is 2.33. The molecule has 5 aromatic carbocycles. The molecular weight excluding hydrogens is 690 g/mol. The van der Waals surface area contributed by atoms with Gasteiger partial charge in [-0.25, -0.2) is 14.4 Å². The van der Waals surface area contributed by atoms with Crippen LogP contribution in [0.1, 0.15) is 12.5 Å². The highest BCUT2D eigenvalue weighted by molar-refractivity contribution is 5.93. The Bertz CT molecular complexity index is 2030. The zero-order chi connectivity index (χ0) is 37.9. The van der Waals surface area contributed by atoms with E-state index in [1.165, 1.54) is 7.11 Å². The predicted octanol–water partition coefficient (Wildman–Crippen LogP) is 8.10. The Morgan fingerprint density at radius 3 is 1.65 bits per heavy atom. The molecule has 278 valence electrons. The summed E-state index contributed by atoms with van der Waals surface area (Å²) < 4.78 is 29.2. The lowest BCUT2D eigenvalue weighted by atomic mass is 9.98. The second kappa shape index (κ2) is 18.0. The van der Waals surface area contributed by atoms with E-state index in [9.17, 15) is 19.5 Å². The molecule has 5 atom stereocenters. The van der Waals surface area contributed by atoms with Crippen LogP contribution in [0, 0.1) is 0 Å². The summed E-state index contributed by atoms with van der Waals surface area (Å²) in [4.78, 5) is 40.8. The molecule has 0 bridgehead atoms. The number of rotatable bonds is 11. The van der Waals surface area contributed by atoms with E-state index in [0.29, 0.717) is 17.1 Å². The maximum atomic E-state index is 13.8. The molecule has 0 aromatic heterocycles.